The summed E-state index contributed by atoms with van der Waals surface area (Å²) in [5.74, 6) is 5.74. The first kappa shape index (κ1) is 29.7. The lowest BCUT2D eigenvalue weighted by molar-refractivity contribution is -0.140. The molecule has 2 N–H and O–H groups in total. The number of hydrogen-bond donors (Lipinski definition) is 2. The summed E-state index contributed by atoms with van der Waals surface area (Å²) in [6.07, 6.45) is -1.01. The minimum atomic E-state index is -4.48. The second-order valence-corrected chi connectivity index (χ2v) is 15.5. The first-order valence-electron chi connectivity index (χ1n) is 12.5. The first-order valence-corrected chi connectivity index (χ1v) is 15.8. The minimum absolute atomic E-state index is 0.0456. The molecular formula is C26H30F3N5O4S2. The van der Waals surface area contributed by atoms with Crippen LogP contribution in [0.4, 0.5) is 24.5 Å². The maximum atomic E-state index is 13.5. The van der Waals surface area contributed by atoms with Crippen LogP contribution in [0.3, 0.4) is 0 Å². The quantitative estimate of drug-likeness (QED) is 0.323. The number of halogens is 3. The van der Waals surface area contributed by atoms with Crippen LogP contribution >= 0.6 is 0 Å². The summed E-state index contributed by atoms with van der Waals surface area (Å²) in [5.41, 5.74) is 1.54. The Balaban J connectivity index is 1.54. The average Bonchev–Trinajstić information content (AvgIpc) is 3.19. The van der Waals surface area contributed by atoms with Crippen molar-refractivity contribution in [3.63, 3.8) is 0 Å². The van der Waals surface area contributed by atoms with Crippen molar-refractivity contribution < 1.29 is 30.0 Å². The van der Waals surface area contributed by atoms with E-state index in [-0.39, 0.29) is 34.9 Å². The van der Waals surface area contributed by atoms with Crippen molar-refractivity contribution >= 4 is 42.0 Å². The van der Waals surface area contributed by atoms with E-state index in [1.54, 1.807) is 45.0 Å². The maximum Gasteiger partial charge on any atom is 0.406 e. The van der Waals surface area contributed by atoms with E-state index < -0.39 is 37.1 Å². The summed E-state index contributed by atoms with van der Waals surface area (Å²) in [6.45, 7) is 3.47. The number of nitrogens with one attached hydrogen (secondary N) is 2. The van der Waals surface area contributed by atoms with Gasteiger partial charge in [-0.1, -0.05) is 12.0 Å². The third-order valence-electron chi connectivity index (χ3n) is 6.47. The van der Waals surface area contributed by atoms with Crippen LogP contribution in [-0.4, -0.2) is 66.4 Å². The molecule has 216 valence electrons. The molecule has 9 nitrogen and oxygen atoms in total. The fourth-order valence-corrected chi connectivity index (χ4v) is 6.64. The highest BCUT2D eigenvalue weighted by molar-refractivity contribution is 7.92. The molecule has 1 aromatic carbocycles. The van der Waals surface area contributed by atoms with E-state index in [1.807, 2.05) is 0 Å². The summed E-state index contributed by atoms with van der Waals surface area (Å²) >= 11 is 0. The zero-order valence-corrected chi connectivity index (χ0v) is 23.8. The van der Waals surface area contributed by atoms with Crippen molar-refractivity contribution in [3.8, 4) is 11.8 Å². The highest BCUT2D eigenvalue weighted by Gasteiger charge is 2.33. The van der Waals surface area contributed by atoms with E-state index in [9.17, 15) is 30.0 Å². The van der Waals surface area contributed by atoms with Crippen molar-refractivity contribution in [2.45, 2.75) is 62.3 Å². The molecular weight excluding hydrogens is 567 g/mol. The van der Waals surface area contributed by atoms with Gasteiger partial charge in [-0.25, -0.2) is 26.8 Å². The van der Waals surface area contributed by atoms with Gasteiger partial charge in [-0.3, -0.25) is 0 Å². The van der Waals surface area contributed by atoms with Gasteiger partial charge in [0.05, 0.1) is 52.1 Å². The number of benzene rings is 1. The normalized spacial score (nSPS) is 16.4. The predicted molar refractivity (Wildman–Crippen MR) is 148 cm³/mol. The van der Waals surface area contributed by atoms with Gasteiger partial charge in [0, 0.05) is 17.1 Å². The molecule has 4 rings (SSSR count). The number of fused-ring (bicyclic) bond motifs is 1. The molecule has 1 saturated heterocycles. The molecule has 0 unspecified atom stereocenters. The molecule has 14 heteroatoms. The molecule has 0 spiro atoms. The number of sulfone groups is 2. The van der Waals surface area contributed by atoms with Crippen molar-refractivity contribution in [2.75, 3.05) is 28.7 Å². The van der Waals surface area contributed by atoms with Crippen LogP contribution < -0.4 is 10.6 Å². The van der Waals surface area contributed by atoms with Crippen molar-refractivity contribution in [1.82, 2.24) is 14.5 Å². The van der Waals surface area contributed by atoms with Gasteiger partial charge >= 0.3 is 6.18 Å². The fourth-order valence-electron chi connectivity index (χ4n) is 4.22. The molecule has 2 aromatic heterocycles. The Hall–Kier alpha value is -3.31. The second-order valence-electron chi connectivity index (χ2n) is 10.6. The SMILES string of the molecule is CC(C)(C)S(=O)(=O)c1ncc(NCC#Cc2cc3c(NC4CCS(=O)(=O)CC4)cccc3n2CC(F)(F)F)cn1. The molecule has 0 atom stereocenters. The monoisotopic (exact) mass is 597 g/mol. The van der Waals surface area contributed by atoms with Crippen molar-refractivity contribution in [3.05, 3.63) is 42.4 Å². The van der Waals surface area contributed by atoms with Crippen LogP contribution in [0.15, 0.2) is 41.8 Å². The average molecular weight is 598 g/mol. The lowest BCUT2D eigenvalue weighted by Gasteiger charge is -2.24. The number of anilines is 2. The summed E-state index contributed by atoms with van der Waals surface area (Å²) < 4.78 is 88.9. The van der Waals surface area contributed by atoms with Crippen LogP contribution in [0.5, 0.6) is 0 Å². The Kier molecular flexibility index (Phi) is 8.11. The molecule has 0 saturated carbocycles. The van der Waals surface area contributed by atoms with E-state index in [4.69, 9.17) is 0 Å². The Morgan fingerprint density at radius 1 is 1.10 bits per heavy atom. The number of rotatable bonds is 6. The number of nitrogens with zero attached hydrogens (tertiary/aromatic N) is 3. The van der Waals surface area contributed by atoms with E-state index in [1.165, 1.54) is 12.4 Å². The molecule has 3 aromatic rings. The Morgan fingerprint density at radius 2 is 1.75 bits per heavy atom. The maximum absolute atomic E-state index is 13.5. The van der Waals surface area contributed by atoms with Gasteiger partial charge in [0.25, 0.3) is 0 Å². The van der Waals surface area contributed by atoms with E-state index in [0.29, 0.717) is 35.1 Å². The van der Waals surface area contributed by atoms with Crippen molar-refractivity contribution in [1.29, 1.82) is 0 Å². The first-order chi connectivity index (χ1) is 18.6. The summed E-state index contributed by atoms with van der Waals surface area (Å²) in [7, 11) is -6.76. The smallest absolute Gasteiger partial charge is 0.382 e. The molecule has 0 aliphatic carbocycles. The lowest BCUT2D eigenvalue weighted by Crippen LogP contribution is -2.32. The standard InChI is InChI=1S/C26H30F3N5O4S2/c1-25(2,3)40(37,38)24-31-15-19(16-32-24)30-11-5-6-20-14-21-22(33-18-9-12-39(35,36)13-10-18)7-4-8-23(21)34(20)17-26(27,28)29/h4,7-8,14-16,18,30,33H,9-13,17H2,1-3H3. The minimum Gasteiger partial charge on any atom is -0.382 e. The molecule has 1 aliphatic rings. The van der Waals surface area contributed by atoms with Crippen molar-refractivity contribution in [2.24, 2.45) is 0 Å². The van der Waals surface area contributed by atoms with E-state index in [2.05, 4.69) is 32.4 Å². The molecule has 40 heavy (non-hydrogen) atoms. The molecule has 1 fully saturated rings. The largest absolute Gasteiger partial charge is 0.406 e. The van der Waals surface area contributed by atoms with Gasteiger partial charge in [0.15, 0.2) is 0 Å². The van der Waals surface area contributed by atoms with Crippen LogP contribution in [0.25, 0.3) is 10.9 Å². The summed E-state index contributed by atoms with van der Waals surface area (Å²) in [4.78, 5) is 7.85. The van der Waals surface area contributed by atoms with Gasteiger partial charge in [0.1, 0.15) is 16.4 Å². The molecule has 1 aliphatic heterocycles. The van der Waals surface area contributed by atoms with Gasteiger partial charge in [-0.05, 0) is 57.7 Å². The molecule has 0 radical (unpaired) electrons. The zero-order chi connectivity index (χ0) is 29.3. The topological polar surface area (TPSA) is 123 Å². The fraction of sp³-hybridized carbons (Fsp3) is 0.462. The van der Waals surface area contributed by atoms with Gasteiger partial charge in [0.2, 0.25) is 15.0 Å². The molecule has 3 heterocycles. The van der Waals surface area contributed by atoms with Crippen LogP contribution in [0, 0.1) is 11.8 Å². The highest BCUT2D eigenvalue weighted by atomic mass is 32.2. The third kappa shape index (κ3) is 6.87. The third-order valence-corrected chi connectivity index (χ3v) is 10.5. The highest BCUT2D eigenvalue weighted by Crippen LogP contribution is 2.31. The summed E-state index contributed by atoms with van der Waals surface area (Å²) in [5, 5.41) is 6.48. The Bertz CT molecular complexity index is 1650. The molecule has 0 bridgehead atoms. The Labute approximate surface area is 231 Å². The second kappa shape index (κ2) is 10.9. The zero-order valence-electron chi connectivity index (χ0n) is 22.2. The van der Waals surface area contributed by atoms with Crippen LogP contribution in [-0.2, 0) is 26.2 Å². The van der Waals surface area contributed by atoms with Crippen LogP contribution in [0.1, 0.15) is 39.3 Å². The number of hydrogen-bond acceptors (Lipinski definition) is 8. The van der Waals surface area contributed by atoms with Gasteiger partial charge in [-0.15, -0.1) is 0 Å². The van der Waals surface area contributed by atoms with Gasteiger partial charge in [-0.2, -0.15) is 13.2 Å². The Morgan fingerprint density at radius 3 is 2.35 bits per heavy atom. The van der Waals surface area contributed by atoms with E-state index >= 15 is 0 Å². The summed E-state index contributed by atoms with van der Waals surface area (Å²) in [6, 6.07) is 6.48. The molecule has 0 amide bonds. The number of alkyl halides is 3. The predicted octanol–water partition coefficient (Wildman–Crippen LogP) is 4.02. The van der Waals surface area contributed by atoms with E-state index in [0.717, 1.165) is 4.57 Å². The lowest BCUT2D eigenvalue weighted by atomic mass is 10.1. The van der Waals surface area contributed by atoms with Gasteiger partial charge < -0.3 is 15.2 Å². The number of aromatic nitrogens is 3. The van der Waals surface area contributed by atoms with Crippen LogP contribution in [0.2, 0.25) is 0 Å².